The maximum absolute atomic E-state index is 13.0. The molecule has 2 nitrogen and oxygen atoms in total. The van der Waals surface area contributed by atoms with Gasteiger partial charge in [0.2, 0.25) is 0 Å². The van der Waals surface area contributed by atoms with Gasteiger partial charge in [-0.2, -0.15) is 0 Å². The van der Waals surface area contributed by atoms with E-state index in [1.54, 1.807) is 18.2 Å². The predicted octanol–water partition coefficient (Wildman–Crippen LogP) is 6.48. The molecule has 0 saturated heterocycles. The van der Waals surface area contributed by atoms with E-state index in [4.69, 9.17) is 0 Å². The van der Waals surface area contributed by atoms with Crippen molar-refractivity contribution >= 4 is 20.7 Å². The van der Waals surface area contributed by atoms with Crippen molar-refractivity contribution in [2.75, 3.05) is 0 Å². The second-order valence-electron chi connectivity index (χ2n) is 7.18. The summed E-state index contributed by atoms with van der Waals surface area (Å²) in [5.41, 5.74) is 0. The molecule has 0 aromatic heterocycles. The van der Waals surface area contributed by atoms with Gasteiger partial charge in [0.15, 0.2) is 24.5 Å². The van der Waals surface area contributed by atoms with Crippen LogP contribution in [0.4, 0.5) is 0 Å². The summed E-state index contributed by atoms with van der Waals surface area (Å²) in [6, 6.07) is 17.9. The van der Waals surface area contributed by atoms with Gasteiger partial charge in [-0.25, -0.2) is 8.42 Å². The Bertz CT molecular complexity index is 965. The van der Waals surface area contributed by atoms with Crippen molar-refractivity contribution in [1.82, 2.24) is 0 Å². The minimum absolute atomic E-state index is 0.226. The van der Waals surface area contributed by atoms with Crippen LogP contribution < -0.4 is 0 Å². The number of hydrogen-bond acceptors (Lipinski definition) is 2. The van der Waals surface area contributed by atoms with Gasteiger partial charge in [-0.1, -0.05) is 56.2 Å². The third-order valence-electron chi connectivity index (χ3n) is 5.27. The molecule has 0 radical (unpaired) electrons. The highest BCUT2D eigenvalue weighted by molar-refractivity contribution is 8.00. The van der Waals surface area contributed by atoms with Crippen LogP contribution in [0.5, 0.6) is 0 Å². The molecule has 0 aliphatic heterocycles. The van der Waals surface area contributed by atoms with Crippen LogP contribution >= 0.6 is 0 Å². The van der Waals surface area contributed by atoms with E-state index >= 15 is 0 Å². The van der Waals surface area contributed by atoms with E-state index in [-0.39, 0.29) is 16.1 Å². The Balaban J connectivity index is 1.97. The highest BCUT2D eigenvalue weighted by atomic mass is 32.2. The molecule has 2 aromatic carbocycles. The maximum Gasteiger partial charge on any atom is 0.181 e. The molecule has 3 rings (SSSR count). The summed E-state index contributed by atoms with van der Waals surface area (Å²) >= 11 is 0. The van der Waals surface area contributed by atoms with Gasteiger partial charge in [0.1, 0.15) is 0 Å². The Kier molecular flexibility index (Phi) is 7.57. The van der Waals surface area contributed by atoms with E-state index in [1.165, 1.54) is 9.80 Å². The summed E-state index contributed by atoms with van der Waals surface area (Å²) in [5, 5.41) is -0.226. The minimum Gasteiger partial charge on any atom is -0.223 e. The average molecular weight is 426 g/mol. The highest BCUT2D eigenvalue weighted by Gasteiger charge is 2.32. The van der Waals surface area contributed by atoms with Crippen molar-refractivity contribution in [1.29, 1.82) is 0 Å². The molecule has 1 unspecified atom stereocenters. The van der Waals surface area contributed by atoms with E-state index in [2.05, 4.69) is 30.9 Å². The zero-order valence-corrected chi connectivity index (χ0v) is 18.6. The molecular formula is C25H29O2S2+. The van der Waals surface area contributed by atoms with Crippen LogP contribution in [0.2, 0.25) is 0 Å². The van der Waals surface area contributed by atoms with Crippen LogP contribution in [-0.2, 0) is 20.7 Å². The molecule has 29 heavy (non-hydrogen) atoms. The third kappa shape index (κ3) is 5.12. The number of benzene rings is 2. The molecule has 152 valence electrons. The summed E-state index contributed by atoms with van der Waals surface area (Å²) in [7, 11) is -3.55. The fourth-order valence-electron chi connectivity index (χ4n) is 3.74. The number of hydrogen-bond donors (Lipinski definition) is 0. The second kappa shape index (κ2) is 10.1. The molecule has 2 aromatic rings. The zero-order chi connectivity index (χ0) is 20.7. The van der Waals surface area contributed by atoms with Crippen LogP contribution in [0.15, 0.2) is 105 Å². The lowest BCUT2D eigenvalue weighted by Gasteiger charge is -2.21. The SMILES string of the molecule is C=C/C=C\C(=C/C)[S+](c1ccccc1)c1ccc(S(=O)(=O)C2CCCCC2)cc1. The van der Waals surface area contributed by atoms with Gasteiger partial charge in [0.05, 0.1) is 21.0 Å². The van der Waals surface area contributed by atoms with Crippen molar-refractivity contribution in [2.24, 2.45) is 0 Å². The van der Waals surface area contributed by atoms with Gasteiger partial charge >= 0.3 is 0 Å². The number of allylic oxidation sites excluding steroid dienone is 4. The topological polar surface area (TPSA) is 34.1 Å². The fraction of sp³-hybridized carbons (Fsp3) is 0.280. The van der Waals surface area contributed by atoms with Gasteiger partial charge in [-0.05, 0) is 68.3 Å². The minimum atomic E-state index is -3.25. The summed E-state index contributed by atoms with van der Waals surface area (Å²) in [4.78, 5) is 3.95. The van der Waals surface area contributed by atoms with Crippen LogP contribution in [0.3, 0.4) is 0 Å². The van der Waals surface area contributed by atoms with Crippen molar-refractivity contribution < 1.29 is 8.42 Å². The fourth-order valence-corrected chi connectivity index (χ4v) is 7.70. The second-order valence-corrected chi connectivity index (χ2v) is 11.4. The molecular weight excluding hydrogens is 396 g/mol. The molecule has 1 aliphatic carbocycles. The number of rotatable bonds is 7. The Morgan fingerprint density at radius 3 is 2.17 bits per heavy atom. The van der Waals surface area contributed by atoms with Crippen LogP contribution in [0, 0.1) is 0 Å². The summed E-state index contributed by atoms with van der Waals surface area (Å²) in [5.74, 6) is 0. The van der Waals surface area contributed by atoms with E-state index in [1.807, 2.05) is 43.3 Å². The van der Waals surface area contributed by atoms with E-state index in [9.17, 15) is 8.42 Å². The summed E-state index contributed by atoms with van der Waals surface area (Å²) in [6.07, 6.45) is 12.7. The van der Waals surface area contributed by atoms with E-state index < -0.39 is 9.84 Å². The molecule has 1 fully saturated rings. The first-order valence-electron chi connectivity index (χ1n) is 10.2. The molecule has 0 bridgehead atoms. The smallest absolute Gasteiger partial charge is 0.181 e. The van der Waals surface area contributed by atoms with Gasteiger partial charge in [0.25, 0.3) is 0 Å². The molecule has 1 aliphatic rings. The van der Waals surface area contributed by atoms with Crippen LogP contribution in [0.25, 0.3) is 0 Å². The molecule has 1 saturated carbocycles. The van der Waals surface area contributed by atoms with Gasteiger partial charge < -0.3 is 0 Å². The van der Waals surface area contributed by atoms with Crippen molar-refractivity contribution in [3.63, 3.8) is 0 Å². The van der Waals surface area contributed by atoms with Crippen LogP contribution in [0.1, 0.15) is 39.0 Å². The van der Waals surface area contributed by atoms with Gasteiger partial charge in [0, 0.05) is 0 Å². The Morgan fingerprint density at radius 2 is 1.59 bits per heavy atom. The lowest BCUT2D eigenvalue weighted by Crippen LogP contribution is -2.24. The van der Waals surface area contributed by atoms with Gasteiger partial charge in [-0.3, -0.25) is 0 Å². The first-order chi connectivity index (χ1) is 14.1. The summed E-state index contributed by atoms with van der Waals surface area (Å²) in [6.45, 7) is 5.81. The largest absolute Gasteiger partial charge is 0.223 e. The zero-order valence-electron chi connectivity index (χ0n) is 17.0. The predicted molar refractivity (Wildman–Crippen MR) is 124 cm³/mol. The first kappa shape index (κ1) is 21.7. The molecule has 0 amide bonds. The monoisotopic (exact) mass is 425 g/mol. The van der Waals surface area contributed by atoms with E-state index in [0.29, 0.717) is 4.90 Å². The van der Waals surface area contributed by atoms with Crippen molar-refractivity contribution in [3.8, 4) is 0 Å². The Hall–Kier alpha value is -2.04. The average Bonchev–Trinajstić information content (AvgIpc) is 2.78. The Morgan fingerprint density at radius 1 is 0.966 bits per heavy atom. The van der Waals surface area contributed by atoms with Crippen LogP contribution in [-0.4, -0.2) is 13.7 Å². The summed E-state index contributed by atoms with van der Waals surface area (Å²) < 4.78 is 26.1. The molecule has 0 spiro atoms. The van der Waals surface area contributed by atoms with Gasteiger partial charge in [-0.15, -0.1) is 0 Å². The van der Waals surface area contributed by atoms with Crippen molar-refractivity contribution in [3.05, 3.63) is 90.4 Å². The van der Waals surface area contributed by atoms with Crippen molar-refractivity contribution in [2.45, 2.75) is 59.0 Å². The number of sulfone groups is 1. The molecule has 4 heteroatoms. The lowest BCUT2D eigenvalue weighted by molar-refractivity contribution is 0.483. The highest BCUT2D eigenvalue weighted by Crippen LogP contribution is 2.33. The third-order valence-corrected chi connectivity index (χ3v) is 9.88. The quantitative estimate of drug-likeness (QED) is 0.376. The molecule has 0 N–H and O–H groups in total. The maximum atomic E-state index is 13.0. The molecule has 0 heterocycles. The van der Waals surface area contributed by atoms with E-state index in [0.717, 1.165) is 37.0 Å². The Labute approximate surface area is 178 Å². The first-order valence-corrected chi connectivity index (χ1v) is 12.9. The normalized spacial score (nSPS) is 17.3. The standard InChI is InChI=1S/C25H29O2S2/c1-3-5-12-21(4-2)28(22-13-8-6-9-14-22)23-17-19-25(20-18-23)29(26,27)24-15-10-7-11-16-24/h3-6,8-9,12-14,17-20,24H,1,7,10-11,15-16H2,2H3/q+1/b12-5-,21-4+. The lowest BCUT2D eigenvalue weighted by atomic mass is 10.0. The molecule has 1 atom stereocenters.